The maximum atomic E-state index is 14.0. The molecule has 0 unspecified atom stereocenters. The molecule has 3 aromatic rings. The summed E-state index contributed by atoms with van der Waals surface area (Å²) in [4.78, 5) is 20.9. The second kappa shape index (κ2) is 9.46. The highest BCUT2D eigenvalue weighted by Crippen LogP contribution is 2.37. The molecule has 1 aliphatic heterocycles. The van der Waals surface area contributed by atoms with Gasteiger partial charge in [0.05, 0.1) is 17.7 Å². The van der Waals surface area contributed by atoms with Gasteiger partial charge in [0.2, 0.25) is 0 Å². The van der Waals surface area contributed by atoms with Gasteiger partial charge in [0, 0.05) is 35.1 Å². The van der Waals surface area contributed by atoms with E-state index in [-0.39, 0.29) is 30.2 Å². The number of carbonyl (C=O) groups excluding carboxylic acids is 1. The summed E-state index contributed by atoms with van der Waals surface area (Å²) in [7, 11) is 0. The van der Waals surface area contributed by atoms with Crippen LogP contribution in [-0.2, 0) is 0 Å². The lowest BCUT2D eigenvalue weighted by atomic mass is 10.0. The number of H-pyrrole nitrogens is 1. The topological polar surface area (TPSA) is 79.0 Å². The fourth-order valence-corrected chi connectivity index (χ4v) is 4.26. The van der Waals surface area contributed by atoms with Gasteiger partial charge in [-0.05, 0) is 69.8 Å². The first-order valence-electron chi connectivity index (χ1n) is 11.0. The number of benzene rings is 1. The van der Waals surface area contributed by atoms with Crippen LogP contribution in [0.2, 0.25) is 0 Å². The molecule has 170 valence electrons. The van der Waals surface area contributed by atoms with Gasteiger partial charge in [-0.1, -0.05) is 0 Å². The van der Waals surface area contributed by atoms with Crippen LogP contribution >= 0.6 is 12.4 Å². The minimum atomic E-state index is -0.329. The van der Waals surface area contributed by atoms with Gasteiger partial charge in [-0.3, -0.25) is 9.78 Å². The Kier molecular flexibility index (Phi) is 6.67. The smallest absolute Gasteiger partial charge is 0.255 e. The fourth-order valence-electron chi connectivity index (χ4n) is 4.26. The van der Waals surface area contributed by atoms with E-state index in [9.17, 15) is 9.18 Å². The van der Waals surface area contributed by atoms with Gasteiger partial charge >= 0.3 is 0 Å². The van der Waals surface area contributed by atoms with Crippen LogP contribution in [0.25, 0.3) is 22.2 Å². The molecule has 1 saturated carbocycles. The molecule has 1 amide bonds. The highest BCUT2D eigenvalue weighted by molar-refractivity contribution is 6.09. The van der Waals surface area contributed by atoms with Gasteiger partial charge in [-0.25, -0.2) is 4.39 Å². The number of nitrogens with zero attached hydrogens (tertiary/aromatic N) is 1. The van der Waals surface area contributed by atoms with Crippen molar-refractivity contribution in [2.24, 2.45) is 5.92 Å². The molecular formula is C24H28ClFN4O2. The molecule has 2 aromatic heterocycles. The molecule has 0 spiro atoms. The average molecular weight is 459 g/mol. The van der Waals surface area contributed by atoms with E-state index in [1.807, 2.05) is 13.0 Å². The number of halogens is 2. The van der Waals surface area contributed by atoms with E-state index in [1.54, 1.807) is 12.3 Å². The maximum Gasteiger partial charge on any atom is 0.255 e. The molecule has 0 atom stereocenters. The van der Waals surface area contributed by atoms with Crippen molar-refractivity contribution in [2.45, 2.75) is 38.6 Å². The fraction of sp³-hybridized carbons (Fsp3) is 0.417. The number of fused-ring (bicyclic) bond motifs is 1. The predicted octanol–water partition coefficient (Wildman–Crippen LogP) is 4.37. The molecule has 8 heteroatoms. The van der Waals surface area contributed by atoms with E-state index in [4.69, 9.17) is 4.74 Å². The molecular weight excluding hydrogens is 431 g/mol. The van der Waals surface area contributed by atoms with Crippen molar-refractivity contribution >= 4 is 29.3 Å². The van der Waals surface area contributed by atoms with Crippen LogP contribution < -0.4 is 15.4 Å². The van der Waals surface area contributed by atoms with Crippen molar-refractivity contribution in [3.8, 4) is 16.9 Å². The molecule has 1 aliphatic carbocycles. The first kappa shape index (κ1) is 22.6. The van der Waals surface area contributed by atoms with Gasteiger partial charge in [-0.2, -0.15) is 0 Å². The van der Waals surface area contributed by atoms with E-state index in [2.05, 4.69) is 20.6 Å². The number of ether oxygens (including phenoxy) is 1. The Morgan fingerprint density at radius 3 is 2.72 bits per heavy atom. The molecule has 3 heterocycles. The molecule has 0 bridgehead atoms. The number of amides is 1. The third-order valence-electron chi connectivity index (χ3n) is 6.18. The maximum absolute atomic E-state index is 14.0. The molecule has 6 nitrogen and oxygen atoms in total. The molecule has 3 N–H and O–H groups in total. The predicted molar refractivity (Wildman–Crippen MR) is 125 cm³/mol. The lowest BCUT2D eigenvalue weighted by Crippen LogP contribution is -2.42. The van der Waals surface area contributed by atoms with Crippen molar-refractivity contribution < 1.29 is 13.9 Å². The molecule has 1 aromatic carbocycles. The van der Waals surface area contributed by atoms with Gasteiger partial charge in [0.25, 0.3) is 5.91 Å². The van der Waals surface area contributed by atoms with Crippen molar-refractivity contribution in [1.82, 2.24) is 20.6 Å². The summed E-state index contributed by atoms with van der Waals surface area (Å²) >= 11 is 0. The third-order valence-corrected chi connectivity index (χ3v) is 6.18. The van der Waals surface area contributed by atoms with Crippen LogP contribution in [0.4, 0.5) is 4.39 Å². The number of nitrogens with one attached hydrogen (secondary N) is 3. The minimum absolute atomic E-state index is 0. The Morgan fingerprint density at radius 1 is 1.19 bits per heavy atom. The number of aromatic amines is 1. The Hall–Kier alpha value is -2.64. The van der Waals surface area contributed by atoms with Gasteiger partial charge in [0.1, 0.15) is 17.1 Å². The zero-order valence-electron chi connectivity index (χ0n) is 18.0. The van der Waals surface area contributed by atoms with Gasteiger partial charge < -0.3 is 20.4 Å². The number of piperidine rings is 1. The Balaban J connectivity index is 0.00000245. The number of rotatable bonds is 6. The third kappa shape index (κ3) is 4.59. The van der Waals surface area contributed by atoms with E-state index >= 15 is 0 Å². The van der Waals surface area contributed by atoms with Crippen molar-refractivity contribution in [2.75, 3.05) is 19.7 Å². The quantitative estimate of drug-likeness (QED) is 0.512. The SMILES string of the molecule is Cc1[nH]c2c(-c3ccc(F)cc3OCC3CC3)ccnc2c1C(=O)NC1CCNCC1.Cl. The molecule has 32 heavy (non-hydrogen) atoms. The molecule has 2 aliphatic rings. The zero-order valence-corrected chi connectivity index (χ0v) is 18.9. The van der Waals surface area contributed by atoms with Gasteiger partial charge in [0.15, 0.2) is 0 Å². The number of aryl methyl sites for hydroxylation is 1. The molecule has 0 radical (unpaired) electrons. The molecule has 5 rings (SSSR count). The summed E-state index contributed by atoms with van der Waals surface area (Å²) in [5.41, 5.74) is 4.36. The van der Waals surface area contributed by atoms with E-state index < -0.39 is 0 Å². The van der Waals surface area contributed by atoms with E-state index in [0.717, 1.165) is 61.1 Å². The first-order valence-corrected chi connectivity index (χ1v) is 11.0. The van der Waals surface area contributed by atoms with Crippen molar-refractivity contribution in [1.29, 1.82) is 0 Å². The van der Waals surface area contributed by atoms with Crippen LogP contribution in [0, 0.1) is 18.7 Å². The zero-order chi connectivity index (χ0) is 21.4. The number of hydrogen-bond donors (Lipinski definition) is 3. The number of hydrogen-bond acceptors (Lipinski definition) is 4. The summed E-state index contributed by atoms with van der Waals surface area (Å²) in [6, 6.07) is 6.65. The second-order valence-corrected chi connectivity index (χ2v) is 8.60. The lowest BCUT2D eigenvalue weighted by Gasteiger charge is -2.23. The lowest BCUT2D eigenvalue weighted by molar-refractivity contribution is 0.0930. The van der Waals surface area contributed by atoms with Crippen molar-refractivity contribution in [3.05, 3.63) is 47.5 Å². The Bertz CT molecular complexity index is 1120. The Morgan fingerprint density at radius 2 is 1.97 bits per heavy atom. The summed E-state index contributed by atoms with van der Waals surface area (Å²) < 4.78 is 19.9. The van der Waals surface area contributed by atoms with Crippen LogP contribution in [-0.4, -0.2) is 41.6 Å². The highest BCUT2D eigenvalue weighted by Gasteiger charge is 2.25. The van der Waals surface area contributed by atoms with Crippen LogP contribution in [0.15, 0.2) is 30.5 Å². The number of carbonyl (C=O) groups is 1. The van der Waals surface area contributed by atoms with Crippen LogP contribution in [0.5, 0.6) is 5.75 Å². The molecule has 1 saturated heterocycles. The largest absolute Gasteiger partial charge is 0.493 e. The summed E-state index contributed by atoms with van der Waals surface area (Å²) in [6.07, 6.45) is 5.86. The van der Waals surface area contributed by atoms with Crippen LogP contribution in [0.1, 0.15) is 41.7 Å². The normalized spacial score (nSPS) is 16.6. The van der Waals surface area contributed by atoms with Crippen LogP contribution in [0.3, 0.4) is 0 Å². The summed E-state index contributed by atoms with van der Waals surface area (Å²) in [6.45, 7) is 4.30. The van der Waals surface area contributed by atoms with Crippen molar-refractivity contribution in [3.63, 3.8) is 0 Å². The molecule has 2 fully saturated rings. The summed E-state index contributed by atoms with van der Waals surface area (Å²) in [5.74, 6) is 0.646. The van der Waals surface area contributed by atoms with E-state index in [0.29, 0.717) is 29.4 Å². The van der Waals surface area contributed by atoms with Gasteiger partial charge in [-0.15, -0.1) is 12.4 Å². The number of aromatic nitrogens is 2. The monoisotopic (exact) mass is 458 g/mol. The number of pyridine rings is 1. The minimum Gasteiger partial charge on any atom is -0.493 e. The second-order valence-electron chi connectivity index (χ2n) is 8.60. The van der Waals surface area contributed by atoms with E-state index in [1.165, 1.54) is 12.1 Å². The average Bonchev–Trinajstić information content (AvgIpc) is 3.53. The summed E-state index contributed by atoms with van der Waals surface area (Å²) in [5, 5.41) is 6.47. The standard InChI is InChI=1S/C24H27FN4O2.ClH/c1-14-21(24(30)29-17-6-9-26-10-7-17)23-22(28-14)19(8-11-27-23)18-5-4-16(25)12-20(18)31-13-15-2-3-15;/h4-5,8,11-12,15,17,26,28H,2-3,6-7,9-10,13H2,1H3,(H,29,30);1H. The first-order chi connectivity index (χ1) is 15.1. The highest BCUT2D eigenvalue weighted by atomic mass is 35.5. The Labute approximate surface area is 192 Å².